The van der Waals surface area contributed by atoms with E-state index in [4.69, 9.17) is 0 Å². The Morgan fingerprint density at radius 1 is 0.560 bits per heavy atom. The first kappa shape index (κ1) is 46.9. The van der Waals surface area contributed by atoms with Gasteiger partial charge in [-0.05, 0) is 64.1 Å². The van der Waals surface area contributed by atoms with Crippen LogP contribution in [0.1, 0.15) is 234 Å². The van der Waals surface area contributed by atoms with Gasteiger partial charge in [0.15, 0.2) is 0 Å². The Kier molecular flexibility index (Phi) is 31.6. The Hall–Kier alpha value is -1.10. The number of carbonyl (C=O) groups is 2. The first-order chi connectivity index (χ1) is 24.5. The number of nitrogens with zero attached hydrogens (tertiary/aromatic N) is 2. The van der Waals surface area contributed by atoms with Gasteiger partial charge in [-0.3, -0.25) is 9.59 Å². The Labute approximate surface area is 313 Å². The summed E-state index contributed by atoms with van der Waals surface area (Å²) in [5, 5.41) is 3.35. The molecule has 0 radical (unpaired) electrons. The van der Waals surface area contributed by atoms with E-state index < -0.39 is 0 Å². The van der Waals surface area contributed by atoms with Gasteiger partial charge in [0.1, 0.15) is 6.04 Å². The second-order valence-corrected chi connectivity index (χ2v) is 16.1. The Bertz CT molecular complexity index is 745. The number of hydrogen-bond donors (Lipinski definition) is 1. The summed E-state index contributed by atoms with van der Waals surface area (Å²) in [5.74, 6) is 0.657. The van der Waals surface area contributed by atoms with Crippen molar-refractivity contribution < 1.29 is 9.59 Å². The fourth-order valence-electron chi connectivity index (χ4n) is 8.22. The molecule has 1 aliphatic heterocycles. The number of piperidine rings is 1. The van der Waals surface area contributed by atoms with Gasteiger partial charge in [-0.15, -0.1) is 0 Å². The van der Waals surface area contributed by atoms with E-state index in [-0.39, 0.29) is 29.8 Å². The lowest BCUT2D eigenvalue weighted by Gasteiger charge is -2.44. The molecule has 1 fully saturated rings. The molecule has 2 amide bonds. The van der Waals surface area contributed by atoms with E-state index in [1.165, 1.54) is 141 Å². The molecule has 1 N–H and O–H groups in total. The second kappa shape index (κ2) is 33.7. The zero-order valence-electron chi connectivity index (χ0n) is 34.7. The maximum atomic E-state index is 14.6. The van der Waals surface area contributed by atoms with Crippen molar-refractivity contribution in [1.82, 2.24) is 15.1 Å². The van der Waals surface area contributed by atoms with Crippen molar-refractivity contribution in [2.45, 2.75) is 246 Å². The third-order valence-electron chi connectivity index (χ3n) is 11.6. The highest BCUT2D eigenvalue weighted by atomic mass is 16.2. The Morgan fingerprint density at radius 2 is 0.960 bits per heavy atom. The standard InChI is InChI=1S/C45H89N3O2/c1-6-11-15-18-21-24-27-30-33-42(34-31-28-25-22-19-16-12-7-2)48(43(49)35-32-29-26-23-20-17-13-8-3)44(45(50)46-38-14-9-4)41-36-39-47(10-5)40-37-41/h41-42,44H,6-40H2,1-5H3,(H,46,50). The van der Waals surface area contributed by atoms with Gasteiger partial charge < -0.3 is 15.1 Å². The molecule has 5 nitrogen and oxygen atoms in total. The number of amides is 2. The highest BCUT2D eigenvalue weighted by Gasteiger charge is 2.40. The van der Waals surface area contributed by atoms with Crippen LogP contribution < -0.4 is 5.32 Å². The molecule has 0 aromatic heterocycles. The van der Waals surface area contributed by atoms with Crippen molar-refractivity contribution >= 4 is 11.8 Å². The fraction of sp³-hybridized carbons (Fsp3) is 0.956. The van der Waals surface area contributed by atoms with Crippen LogP contribution in [0.2, 0.25) is 0 Å². The summed E-state index contributed by atoms with van der Waals surface area (Å²) in [5.41, 5.74) is 0. The molecule has 0 aromatic rings. The van der Waals surface area contributed by atoms with E-state index in [9.17, 15) is 9.59 Å². The van der Waals surface area contributed by atoms with E-state index in [0.717, 1.165) is 77.5 Å². The summed E-state index contributed by atoms with van der Waals surface area (Å²) < 4.78 is 0. The summed E-state index contributed by atoms with van der Waals surface area (Å²) in [4.78, 5) is 33.7. The molecule has 5 heteroatoms. The summed E-state index contributed by atoms with van der Waals surface area (Å²) in [6, 6.07) is -0.136. The van der Waals surface area contributed by atoms with Crippen LogP contribution >= 0.6 is 0 Å². The molecule has 1 heterocycles. The SMILES string of the molecule is CCCCCCCCCCC(=O)N(C(CCCCCCCCCC)CCCCCCCCCC)C(C(=O)NCCCC)C1CCN(CC)CC1. The molecule has 1 aliphatic rings. The molecule has 50 heavy (non-hydrogen) atoms. The predicted molar refractivity (Wildman–Crippen MR) is 219 cm³/mol. The minimum Gasteiger partial charge on any atom is -0.354 e. The third kappa shape index (κ3) is 22.8. The number of unbranched alkanes of at least 4 members (excludes halogenated alkanes) is 22. The number of rotatable bonds is 35. The number of likely N-dealkylation sites (tertiary alicyclic amines) is 1. The van der Waals surface area contributed by atoms with E-state index in [2.05, 4.69) is 49.7 Å². The first-order valence-electron chi connectivity index (χ1n) is 22.8. The van der Waals surface area contributed by atoms with Crippen molar-refractivity contribution in [2.24, 2.45) is 5.92 Å². The molecule has 0 spiro atoms. The van der Waals surface area contributed by atoms with Crippen molar-refractivity contribution in [3.8, 4) is 0 Å². The smallest absolute Gasteiger partial charge is 0.243 e. The molecule has 0 aromatic carbocycles. The summed E-state index contributed by atoms with van der Waals surface area (Å²) in [6.07, 6.45) is 37.6. The molecule has 1 rings (SSSR count). The highest BCUT2D eigenvalue weighted by molar-refractivity contribution is 5.88. The molecule has 296 valence electrons. The highest BCUT2D eigenvalue weighted by Crippen LogP contribution is 2.31. The van der Waals surface area contributed by atoms with Gasteiger partial charge in [-0.25, -0.2) is 0 Å². The van der Waals surface area contributed by atoms with E-state index in [1.54, 1.807) is 0 Å². The van der Waals surface area contributed by atoms with Crippen LogP contribution in [0.3, 0.4) is 0 Å². The summed E-state index contributed by atoms with van der Waals surface area (Å²) in [7, 11) is 0. The molecule has 0 saturated carbocycles. The van der Waals surface area contributed by atoms with Crippen LogP contribution in [0.4, 0.5) is 0 Å². The number of carbonyl (C=O) groups excluding carboxylic acids is 2. The van der Waals surface area contributed by atoms with Gasteiger partial charge in [-0.2, -0.15) is 0 Å². The lowest BCUT2D eigenvalue weighted by atomic mass is 9.85. The molecule has 1 saturated heterocycles. The second-order valence-electron chi connectivity index (χ2n) is 16.1. The zero-order chi connectivity index (χ0) is 36.5. The minimum absolute atomic E-state index is 0.134. The first-order valence-corrected chi connectivity index (χ1v) is 22.8. The molecular formula is C45H89N3O2. The van der Waals surface area contributed by atoms with Crippen LogP contribution in [0.25, 0.3) is 0 Å². The van der Waals surface area contributed by atoms with Crippen LogP contribution in [0, 0.1) is 5.92 Å². The van der Waals surface area contributed by atoms with Crippen LogP contribution in [0.5, 0.6) is 0 Å². The van der Waals surface area contributed by atoms with Gasteiger partial charge in [0, 0.05) is 19.0 Å². The Morgan fingerprint density at radius 3 is 1.38 bits per heavy atom. The summed E-state index contributed by atoms with van der Waals surface area (Å²) >= 11 is 0. The zero-order valence-corrected chi connectivity index (χ0v) is 34.7. The summed E-state index contributed by atoms with van der Waals surface area (Å²) in [6.45, 7) is 15.2. The van der Waals surface area contributed by atoms with Crippen LogP contribution in [-0.4, -0.2) is 59.9 Å². The number of hydrogen-bond acceptors (Lipinski definition) is 3. The third-order valence-corrected chi connectivity index (χ3v) is 11.6. The van der Waals surface area contributed by atoms with E-state index >= 15 is 0 Å². The number of nitrogens with one attached hydrogen (secondary N) is 1. The largest absolute Gasteiger partial charge is 0.354 e. The van der Waals surface area contributed by atoms with Gasteiger partial charge in [0.25, 0.3) is 0 Å². The molecule has 1 atom stereocenters. The fourth-order valence-corrected chi connectivity index (χ4v) is 8.22. The Balaban J connectivity index is 3.17. The normalized spacial score (nSPS) is 14.8. The lowest BCUT2D eigenvalue weighted by Crippen LogP contribution is -2.58. The quantitative estimate of drug-likeness (QED) is 0.0669. The molecular weight excluding hydrogens is 615 g/mol. The average Bonchev–Trinajstić information content (AvgIpc) is 3.13. The topological polar surface area (TPSA) is 52.7 Å². The van der Waals surface area contributed by atoms with Crippen molar-refractivity contribution in [3.63, 3.8) is 0 Å². The molecule has 0 bridgehead atoms. The van der Waals surface area contributed by atoms with Gasteiger partial charge in [-0.1, -0.05) is 189 Å². The molecule has 1 unspecified atom stereocenters. The van der Waals surface area contributed by atoms with Crippen molar-refractivity contribution in [3.05, 3.63) is 0 Å². The van der Waals surface area contributed by atoms with Crippen LogP contribution in [-0.2, 0) is 9.59 Å². The van der Waals surface area contributed by atoms with E-state index in [0.29, 0.717) is 6.42 Å². The van der Waals surface area contributed by atoms with Gasteiger partial charge >= 0.3 is 0 Å². The molecule has 0 aliphatic carbocycles. The minimum atomic E-state index is -0.319. The van der Waals surface area contributed by atoms with E-state index in [1.807, 2.05) is 0 Å². The predicted octanol–water partition coefficient (Wildman–Crippen LogP) is 12.8. The monoisotopic (exact) mass is 704 g/mol. The maximum absolute atomic E-state index is 14.6. The van der Waals surface area contributed by atoms with Gasteiger partial charge in [0.05, 0.1) is 0 Å². The van der Waals surface area contributed by atoms with Crippen molar-refractivity contribution in [1.29, 1.82) is 0 Å². The van der Waals surface area contributed by atoms with Gasteiger partial charge in [0.2, 0.25) is 11.8 Å². The van der Waals surface area contributed by atoms with Crippen molar-refractivity contribution in [2.75, 3.05) is 26.2 Å². The average molecular weight is 704 g/mol. The maximum Gasteiger partial charge on any atom is 0.243 e. The van der Waals surface area contributed by atoms with Crippen LogP contribution in [0.15, 0.2) is 0 Å². The lowest BCUT2D eigenvalue weighted by molar-refractivity contribution is -0.147.